The van der Waals surface area contributed by atoms with Crippen LogP contribution in [0, 0.1) is 0 Å². The average Bonchev–Trinajstić information content (AvgIpc) is 2.59. The van der Waals surface area contributed by atoms with Gasteiger partial charge in [0.05, 0.1) is 18.8 Å². The predicted molar refractivity (Wildman–Crippen MR) is 94.3 cm³/mol. The molecule has 0 radical (unpaired) electrons. The lowest BCUT2D eigenvalue weighted by Gasteiger charge is -2.12. The Bertz CT molecular complexity index is 747. The Morgan fingerprint density at radius 3 is 2.20 bits per heavy atom. The topological polar surface area (TPSA) is 61.8 Å². The minimum atomic E-state index is -0.452. The van der Waals surface area contributed by atoms with E-state index in [0.717, 1.165) is 0 Å². The van der Waals surface area contributed by atoms with Crippen LogP contribution in [0.2, 0.25) is 0 Å². The molecule has 0 bridgehead atoms. The van der Waals surface area contributed by atoms with Crippen molar-refractivity contribution in [3.05, 3.63) is 59.2 Å². The van der Waals surface area contributed by atoms with Crippen LogP contribution < -0.4 is 9.47 Å². The van der Waals surface area contributed by atoms with Gasteiger partial charge < -0.3 is 14.2 Å². The van der Waals surface area contributed by atoms with Gasteiger partial charge in [-0.3, -0.25) is 4.79 Å². The summed E-state index contributed by atoms with van der Waals surface area (Å²) >= 11 is 0. The summed E-state index contributed by atoms with van der Waals surface area (Å²) in [7, 11) is 1.53. The van der Waals surface area contributed by atoms with E-state index in [-0.39, 0.29) is 18.5 Å². The van der Waals surface area contributed by atoms with E-state index in [1.54, 1.807) is 42.5 Å². The molecule has 5 nitrogen and oxygen atoms in total. The van der Waals surface area contributed by atoms with Crippen molar-refractivity contribution in [2.75, 3.05) is 7.11 Å². The van der Waals surface area contributed by atoms with Crippen molar-refractivity contribution in [2.24, 2.45) is 0 Å². The zero-order valence-electron chi connectivity index (χ0n) is 14.9. The zero-order chi connectivity index (χ0) is 18.4. The van der Waals surface area contributed by atoms with E-state index in [9.17, 15) is 9.59 Å². The highest BCUT2D eigenvalue weighted by atomic mass is 16.5. The average molecular weight is 342 g/mol. The Balaban J connectivity index is 2.06. The second kappa shape index (κ2) is 8.33. The maximum atomic E-state index is 12.2. The van der Waals surface area contributed by atoms with Crippen molar-refractivity contribution >= 4 is 11.8 Å². The molecule has 0 spiro atoms. The fourth-order valence-corrected chi connectivity index (χ4v) is 2.28. The molecule has 0 aromatic heterocycles. The molecule has 0 aliphatic rings. The Hall–Kier alpha value is -2.82. The molecule has 0 unspecified atom stereocenters. The van der Waals surface area contributed by atoms with Crippen molar-refractivity contribution in [1.29, 1.82) is 0 Å². The zero-order valence-corrected chi connectivity index (χ0v) is 14.9. The van der Waals surface area contributed by atoms with Crippen molar-refractivity contribution in [3.8, 4) is 11.5 Å². The number of hydrogen-bond acceptors (Lipinski definition) is 5. The van der Waals surface area contributed by atoms with E-state index < -0.39 is 5.97 Å². The number of ketones is 1. The van der Waals surface area contributed by atoms with Gasteiger partial charge in [-0.25, -0.2) is 4.79 Å². The number of carbonyl (C=O) groups is 2. The summed E-state index contributed by atoms with van der Waals surface area (Å²) in [5.41, 5.74) is 1.61. The van der Waals surface area contributed by atoms with Crippen LogP contribution in [0.1, 0.15) is 47.1 Å². The molecular weight excluding hydrogens is 320 g/mol. The molecular formula is C20H22O5. The fourth-order valence-electron chi connectivity index (χ4n) is 2.28. The molecule has 0 N–H and O–H groups in total. The van der Waals surface area contributed by atoms with Gasteiger partial charge in [0.25, 0.3) is 0 Å². The summed E-state index contributed by atoms with van der Waals surface area (Å²) in [4.78, 5) is 23.7. The van der Waals surface area contributed by atoms with E-state index in [1.165, 1.54) is 14.0 Å². The molecule has 0 saturated heterocycles. The number of rotatable bonds is 7. The van der Waals surface area contributed by atoms with Gasteiger partial charge in [-0.2, -0.15) is 0 Å². The molecule has 0 amide bonds. The SMILES string of the molecule is COc1ccc(C(C)=O)cc1COC(=O)c1ccc(OC(C)C)cc1. The van der Waals surface area contributed by atoms with Crippen LogP contribution in [0.3, 0.4) is 0 Å². The standard InChI is InChI=1S/C20H22O5/c1-13(2)25-18-8-5-15(6-9-18)20(22)24-12-17-11-16(14(3)21)7-10-19(17)23-4/h5-11,13H,12H2,1-4H3. The first-order valence-corrected chi connectivity index (χ1v) is 8.02. The summed E-state index contributed by atoms with van der Waals surface area (Å²) in [5.74, 6) is 0.753. The molecule has 132 valence electrons. The summed E-state index contributed by atoms with van der Waals surface area (Å²) in [6.45, 7) is 5.38. The van der Waals surface area contributed by atoms with Gasteiger partial charge >= 0.3 is 5.97 Å². The smallest absolute Gasteiger partial charge is 0.338 e. The number of benzene rings is 2. The van der Waals surface area contributed by atoms with Crippen LogP contribution in [0.4, 0.5) is 0 Å². The van der Waals surface area contributed by atoms with Crippen LogP contribution in [-0.2, 0) is 11.3 Å². The van der Waals surface area contributed by atoms with Crippen LogP contribution in [0.25, 0.3) is 0 Å². The number of methoxy groups -OCH3 is 1. The van der Waals surface area contributed by atoms with Gasteiger partial charge in [0, 0.05) is 11.1 Å². The van der Waals surface area contributed by atoms with Crippen molar-refractivity contribution in [1.82, 2.24) is 0 Å². The van der Waals surface area contributed by atoms with E-state index in [0.29, 0.717) is 28.2 Å². The number of hydrogen-bond donors (Lipinski definition) is 0. The highest BCUT2D eigenvalue weighted by Crippen LogP contribution is 2.22. The van der Waals surface area contributed by atoms with Crippen molar-refractivity contribution < 1.29 is 23.8 Å². The maximum absolute atomic E-state index is 12.2. The lowest BCUT2D eigenvalue weighted by Crippen LogP contribution is -2.08. The Labute approximate surface area is 147 Å². The predicted octanol–water partition coefficient (Wildman–Crippen LogP) is 4.04. The van der Waals surface area contributed by atoms with Gasteiger partial charge in [0.15, 0.2) is 5.78 Å². The quantitative estimate of drug-likeness (QED) is 0.561. The maximum Gasteiger partial charge on any atom is 0.338 e. The third-order valence-electron chi connectivity index (χ3n) is 3.51. The van der Waals surface area contributed by atoms with E-state index in [1.807, 2.05) is 13.8 Å². The second-order valence-electron chi connectivity index (χ2n) is 5.85. The molecule has 0 saturated carbocycles. The fraction of sp³-hybridized carbons (Fsp3) is 0.300. The van der Waals surface area contributed by atoms with E-state index in [4.69, 9.17) is 14.2 Å². The highest BCUT2D eigenvalue weighted by Gasteiger charge is 2.12. The van der Waals surface area contributed by atoms with Gasteiger partial charge in [-0.05, 0) is 63.2 Å². The van der Waals surface area contributed by atoms with Crippen LogP contribution in [-0.4, -0.2) is 25.0 Å². The third kappa shape index (κ3) is 5.08. The molecule has 0 aliphatic carbocycles. The Morgan fingerprint density at radius 2 is 1.64 bits per heavy atom. The van der Waals surface area contributed by atoms with Crippen LogP contribution in [0.5, 0.6) is 11.5 Å². The number of esters is 1. The minimum absolute atomic E-state index is 0.0212. The van der Waals surface area contributed by atoms with Crippen molar-refractivity contribution in [2.45, 2.75) is 33.5 Å². The Morgan fingerprint density at radius 1 is 1.00 bits per heavy atom. The molecule has 2 aromatic rings. The molecule has 0 aliphatic heterocycles. The van der Waals surface area contributed by atoms with Gasteiger partial charge in [0.1, 0.15) is 18.1 Å². The number of Topliss-reactive ketones (excluding diaryl/α,β-unsaturated/α-hetero) is 1. The lowest BCUT2D eigenvalue weighted by molar-refractivity contribution is 0.0470. The third-order valence-corrected chi connectivity index (χ3v) is 3.51. The first-order valence-electron chi connectivity index (χ1n) is 8.02. The Kier molecular flexibility index (Phi) is 6.17. The first kappa shape index (κ1) is 18.5. The summed E-state index contributed by atoms with van der Waals surface area (Å²) < 4.78 is 16.1. The molecule has 2 rings (SSSR count). The molecule has 25 heavy (non-hydrogen) atoms. The summed E-state index contributed by atoms with van der Waals surface area (Å²) in [5, 5.41) is 0. The monoisotopic (exact) mass is 342 g/mol. The summed E-state index contributed by atoms with van der Waals surface area (Å²) in [6, 6.07) is 11.8. The number of carbonyl (C=O) groups excluding carboxylic acids is 2. The molecule has 2 aromatic carbocycles. The van der Waals surface area contributed by atoms with Crippen LogP contribution in [0.15, 0.2) is 42.5 Å². The summed E-state index contributed by atoms with van der Waals surface area (Å²) in [6.07, 6.45) is 0.0684. The van der Waals surface area contributed by atoms with Gasteiger partial charge in [0.2, 0.25) is 0 Å². The molecule has 0 atom stereocenters. The van der Waals surface area contributed by atoms with Crippen LogP contribution >= 0.6 is 0 Å². The van der Waals surface area contributed by atoms with Gasteiger partial charge in [-0.15, -0.1) is 0 Å². The van der Waals surface area contributed by atoms with E-state index >= 15 is 0 Å². The highest BCUT2D eigenvalue weighted by molar-refractivity contribution is 5.94. The molecule has 5 heteroatoms. The largest absolute Gasteiger partial charge is 0.496 e. The minimum Gasteiger partial charge on any atom is -0.496 e. The second-order valence-corrected chi connectivity index (χ2v) is 5.85. The van der Waals surface area contributed by atoms with Gasteiger partial charge in [-0.1, -0.05) is 0 Å². The first-order chi connectivity index (χ1) is 11.9. The molecule has 0 heterocycles. The normalized spacial score (nSPS) is 10.4. The lowest BCUT2D eigenvalue weighted by atomic mass is 10.1. The molecule has 0 fully saturated rings. The van der Waals surface area contributed by atoms with Crippen molar-refractivity contribution in [3.63, 3.8) is 0 Å². The van der Waals surface area contributed by atoms with E-state index in [2.05, 4.69) is 0 Å². The number of ether oxygens (including phenoxy) is 3.